The van der Waals surface area contributed by atoms with Gasteiger partial charge in [0.1, 0.15) is 12.1 Å². The van der Waals surface area contributed by atoms with Gasteiger partial charge in [-0.2, -0.15) is 0 Å². The summed E-state index contributed by atoms with van der Waals surface area (Å²) in [5, 5.41) is 9.01. The Hall–Kier alpha value is -0.650. The third-order valence-corrected chi connectivity index (χ3v) is 1.96. The van der Waals surface area contributed by atoms with Gasteiger partial charge in [-0.15, -0.1) is 0 Å². The van der Waals surface area contributed by atoms with E-state index in [0.717, 1.165) is 0 Å². The Bertz CT molecular complexity index is 177. The molecule has 0 spiro atoms. The molecular formula is C8H15NO4. The van der Waals surface area contributed by atoms with E-state index in [-0.39, 0.29) is 6.10 Å². The van der Waals surface area contributed by atoms with E-state index >= 15 is 0 Å². The monoisotopic (exact) mass is 189 g/mol. The number of carbonyl (C=O) groups excluding carboxylic acids is 1. The summed E-state index contributed by atoms with van der Waals surface area (Å²) in [5.74, 6) is -0.564. The number of hydrogen-bond acceptors (Lipinski definition) is 5. The van der Waals surface area contributed by atoms with Crippen LogP contribution in [0.2, 0.25) is 0 Å². The largest absolute Gasteiger partial charge is 0.459 e. The molecule has 0 aromatic rings. The van der Waals surface area contributed by atoms with Gasteiger partial charge in [0.15, 0.2) is 0 Å². The van der Waals surface area contributed by atoms with Crippen LogP contribution in [0.4, 0.5) is 0 Å². The van der Waals surface area contributed by atoms with Crippen LogP contribution < -0.4 is 5.73 Å². The highest BCUT2D eigenvalue weighted by Crippen LogP contribution is 2.09. The summed E-state index contributed by atoms with van der Waals surface area (Å²) < 4.78 is 10.0. The summed E-state index contributed by atoms with van der Waals surface area (Å²) in [6.07, 6.45) is -0.370. The maximum absolute atomic E-state index is 11.2. The van der Waals surface area contributed by atoms with E-state index in [9.17, 15) is 4.79 Å². The first kappa shape index (κ1) is 10.4. The van der Waals surface area contributed by atoms with Crippen LogP contribution in [0.3, 0.4) is 0 Å². The summed E-state index contributed by atoms with van der Waals surface area (Å²) in [6.45, 7) is 2.50. The molecule has 5 nitrogen and oxygen atoms in total. The van der Waals surface area contributed by atoms with Crippen LogP contribution in [0.1, 0.15) is 13.3 Å². The van der Waals surface area contributed by atoms with Gasteiger partial charge in [-0.25, -0.2) is 0 Å². The molecule has 13 heavy (non-hydrogen) atoms. The van der Waals surface area contributed by atoms with E-state index in [4.69, 9.17) is 20.3 Å². The number of rotatable bonds is 3. The Kier molecular flexibility index (Phi) is 3.65. The van der Waals surface area contributed by atoms with Gasteiger partial charge in [-0.05, 0) is 6.92 Å². The summed E-state index contributed by atoms with van der Waals surface area (Å²) in [6, 6.07) is -0.958. The number of aliphatic hydroxyl groups excluding tert-OH is 1. The third kappa shape index (κ3) is 2.95. The van der Waals surface area contributed by atoms with Gasteiger partial charge in [-0.3, -0.25) is 4.79 Å². The maximum Gasteiger partial charge on any atom is 0.325 e. The Balaban J connectivity index is 2.31. The van der Waals surface area contributed by atoms with E-state index < -0.39 is 18.1 Å². The van der Waals surface area contributed by atoms with Crippen LogP contribution in [0.15, 0.2) is 0 Å². The molecule has 0 aromatic heterocycles. The van der Waals surface area contributed by atoms with E-state index in [1.807, 2.05) is 0 Å². The lowest BCUT2D eigenvalue weighted by Crippen LogP contribution is -2.42. The Morgan fingerprint density at radius 1 is 1.77 bits per heavy atom. The molecule has 1 saturated heterocycles. The molecule has 1 rings (SSSR count). The fourth-order valence-corrected chi connectivity index (χ4v) is 1.05. The SMILES string of the molecule is CC(O)C(N)C(=O)OC1CCOC1. The molecule has 1 aliphatic heterocycles. The van der Waals surface area contributed by atoms with E-state index in [0.29, 0.717) is 19.6 Å². The number of carbonyl (C=O) groups is 1. The predicted molar refractivity (Wildman–Crippen MR) is 45.0 cm³/mol. The standard InChI is InChI=1S/C8H15NO4/c1-5(10)7(9)8(11)13-6-2-3-12-4-6/h5-7,10H,2-4,9H2,1H3. The van der Waals surface area contributed by atoms with Crippen LogP contribution in [0.25, 0.3) is 0 Å². The van der Waals surface area contributed by atoms with E-state index in [2.05, 4.69) is 0 Å². The van der Waals surface area contributed by atoms with Gasteiger partial charge in [-0.1, -0.05) is 0 Å². The van der Waals surface area contributed by atoms with Gasteiger partial charge < -0.3 is 20.3 Å². The van der Waals surface area contributed by atoms with Crippen molar-refractivity contribution in [1.29, 1.82) is 0 Å². The second-order valence-corrected chi connectivity index (χ2v) is 3.19. The van der Waals surface area contributed by atoms with E-state index in [1.165, 1.54) is 6.92 Å². The number of nitrogens with two attached hydrogens (primary N) is 1. The average molecular weight is 189 g/mol. The summed E-state index contributed by atoms with van der Waals surface area (Å²) in [7, 11) is 0. The van der Waals surface area contributed by atoms with Gasteiger partial charge in [0.05, 0.1) is 19.3 Å². The van der Waals surface area contributed by atoms with Crippen molar-refractivity contribution in [2.45, 2.75) is 31.6 Å². The zero-order valence-corrected chi connectivity index (χ0v) is 7.60. The number of hydrogen-bond donors (Lipinski definition) is 2. The van der Waals surface area contributed by atoms with Gasteiger partial charge in [0.25, 0.3) is 0 Å². The van der Waals surface area contributed by atoms with E-state index in [1.54, 1.807) is 0 Å². The third-order valence-electron chi connectivity index (χ3n) is 1.96. The maximum atomic E-state index is 11.2. The van der Waals surface area contributed by atoms with Crippen LogP contribution in [0, 0.1) is 0 Å². The van der Waals surface area contributed by atoms with Crippen molar-refractivity contribution in [1.82, 2.24) is 0 Å². The molecule has 1 aliphatic rings. The lowest BCUT2D eigenvalue weighted by Gasteiger charge is -2.16. The molecule has 0 amide bonds. The second kappa shape index (κ2) is 4.55. The van der Waals surface area contributed by atoms with Crippen molar-refractivity contribution in [3.8, 4) is 0 Å². The lowest BCUT2D eigenvalue weighted by atomic mass is 10.2. The molecule has 0 saturated carbocycles. The Labute approximate surface area is 76.8 Å². The highest BCUT2D eigenvalue weighted by Gasteiger charge is 2.25. The van der Waals surface area contributed by atoms with Crippen LogP contribution in [-0.2, 0) is 14.3 Å². The Morgan fingerprint density at radius 2 is 2.46 bits per heavy atom. The van der Waals surface area contributed by atoms with Crippen LogP contribution >= 0.6 is 0 Å². The molecule has 76 valence electrons. The highest BCUT2D eigenvalue weighted by molar-refractivity contribution is 5.76. The molecule has 3 unspecified atom stereocenters. The molecular weight excluding hydrogens is 174 g/mol. The van der Waals surface area contributed by atoms with Crippen molar-refractivity contribution in [2.75, 3.05) is 13.2 Å². The van der Waals surface area contributed by atoms with Crippen molar-refractivity contribution >= 4 is 5.97 Å². The normalized spacial score (nSPS) is 26.8. The second-order valence-electron chi connectivity index (χ2n) is 3.19. The molecule has 5 heteroatoms. The molecule has 1 fully saturated rings. The molecule has 3 N–H and O–H groups in total. The number of ether oxygens (including phenoxy) is 2. The highest BCUT2D eigenvalue weighted by atomic mass is 16.6. The minimum Gasteiger partial charge on any atom is -0.459 e. The molecule has 0 radical (unpaired) electrons. The molecule has 3 atom stereocenters. The zero-order chi connectivity index (χ0) is 9.84. The lowest BCUT2D eigenvalue weighted by molar-refractivity contribution is -0.153. The quantitative estimate of drug-likeness (QED) is 0.558. The van der Waals surface area contributed by atoms with Crippen LogP contribution in [0.5, 0.6) is 0 Å². The van der Waals surface area contributed by atoms with Crippen molar-refractivity contribution in [2.24, 2.45) is 5.73 Å². The molecule has 0 aliphatic carbocycles. The minimum atomic E-state index is -0.958. The zero-order valence-electron chi connectivity index (χ0n) is 7.60. The smallest absolute Gasteiger partial charge is 0.325 e. The topological polar surface area (TPSA) is 81.8 Å². The van der Waals surface area contributed by atoms with Crippen LogP contribution in [-0.4, -0.2) is 42.5 Å². The fraction of sp³-hybridized carbons (Fsp3) is 0.875. The number of esters is 1. The van der Waals surface area contributed by atoms with Crippen molar-refractivity contribution in [3.05, 3.63) is 0 Å². The predicted octanol–water partition coefficient (Wildman–Crippen LogP) is -0.973. The van der Waals surface area contributed by atoms with Gasteiger partial charge in [0.2, 0.25) is 0 Å². The fourth-order valence-electron chi connectivity index (χ4n) is 1.05. The average Bonchev–Trinajstić information content (AvgIpc) is 2.55. The van der Waals surface area contributed by atoms with Gasteiger partial charge in [0, 0.05) is 6.42 Å². The van der Waals surface area contributed by atoms with Crippen molar-refractivity contribution in [3.63, 3.8) is 0 Å². The number of aliphatic hydroxyl groups is 1. The first-order valence-corrected chi connectivity index (χ1v) is 4.33. The minimum absolute atomic E-state index is 0.197. The van der Waals surface area contributed by atoms with Crippen molar-refractivity contribution < 1.29 is 19.4 Å². The first-order chi connectivity index (χ1) is 6.11. The Morgan fingerprint density at radius 3 is 2.92 bits per heavy atom. The first-order valence-electron chi connectivity index (χ1n) is 4.33. The van der Waals surface area contributed by atoms with Gasteiger partial charge >= 0.3 is 5.97 Å². The molecule has 0 aromatic carbocycles. The molecule has 0 bridgehead atoms. The summed E-state index contributed by atoms with van der Waals surface area (Å²) >= 11 is 0. The summed E-state index contributed by atoms with van der Waals surface area (Å²) in [4.78, 5) is 11.2. The summed E-state index contributed by atoms with van der Waals surface area (Å²) in [5.41, 5.74) is 5.37. The molecule has 1 heterocycles.